The third kappa shape index (κ3) is 3.82. The van der Waals surface area contributed by atoms with Gasteiger partial charge in [-0.3, -0.25) is 4.79 Å². The molecule has 0 radical (unpaired) electrons. The van der Waals surface area contributed by atoms with E-state index < -0.39 is 0 Å². The van der Waals surface area contributed by atoms with Crippen LogP contribution in [0.3, 0.4) is 0 Å². The van der Waals surface area contributed by atoms with Gasteiger partial charge in [-0.2, -0.15) is 5.26 Å². The second kappa shape index (κ2) is 6.49. The number of amides is 1. The van der Waals surface area contributed by atoms with Crippen LogP contribution in [0.4, 0.5) is 0 Å². The summed E-state index contributed by atoms with van der Waals surface area (Å²) in [4.78, 5) is 13.9. The minimum Gasteiger partial charge on any atom is -0.383 e. The van der Waals surface area contributed by atoms with Crippen LogP contribution in [-0.2, 0) is 9.53 Å². The van der Waals surface area contributed by atoms with Crippen molar-refractivity contribution in [1.29, 1.82) is 5.26 Å². The number of hydrogen-bond acceptors (Lipinski definition) is 3. The first-order valence-corrected chi connectivity index (χ1v) is 5.85. The molecule has 1 aliphatic rings. The topological polar surface area (TPSA) is 53.3 Å². The summed E-state index contributed by atoms with van der Waals surface area (Å²) >= 11 is 0. The minimum absolute atomic E-state index is 0.107. The van der Waals surface area contributed by atoms with E-state index in [2.05, 4.69) is 6.07 Å². The zero-order valence-corrected chi connectivity index (χ0v) is 10.1. The van der Waals surface area contributed by atoms with Crippen LogP contribution in [0.1, 0.15) is 26.2 Å². The Labute approximate surface area is 97.2 Å². The van der Waals surface area contributed by atoms with E-state index in [-0.39, 0.29) is 11.8 Å². The summed E-state index contributed by atoms with van der Waals surface area (Å²) in [6.07, 6.45) is 2.74. The molecule has 1 unspecified atom stereocenters. The smallest absolute Gasteiger partial charge is 0.225 e. The van der Waals surface area contributed by atoms with Crippen molar-refractivity contribution < 1.29 is 9.53 Å². The molecule has 1 atom stereocenters. The van der Waals surface area contributed by atoms with Gasteiger partial charge in [0.2, 0.25) is 5.91 Å². The minimum atomic E-state index is 0.107. The van der Waals surface area contributed by atoms with E-state index in [1.165, 1.54) is 12.8 Å². The Morgan fingerprint density at radius 2 is 2.25 bits per heavy atom. The van der Waals surface area contributed by atoms with Crippen LogP contribution >= 0.6 is 0 Å². The molecular formula is C12H20N2O2. The highest BCUT2D eigenvalue weighted by atomic mass is 16.5. The van der Waals surface area contributed by atoms with Gasteiger partial charge in [0, 0.05) is 26.1 Å². The van der Waals surface area contributed by atoms with E-state index in [0.717, 1.165) is 0 Å². The fraction of sp³-hybridized carbons (Fsp3) is 0.833. The van der Waals surface area contributed by atoms with E-state index in [4.69, 9.17) is 10.00 Å². The third-order valence-electron chi connectivity index (χ3n) is 3.09. The van der Waals surface area contributed by atoms with Crippen molar-refractivity contribution in [2.45, 2.75) is 26.2 Å². The Balaban J connectivity index is 2.45. The second-order valence-corrected chi connectivity index (χ2v) is 4.35. The van der Waals surface area contributed by atoms with E-state index in [0.29, 0.717) is 32.0 Å². The van der Waals surface area contributed by atoms with Crippen LogP contribution in [0.5, 0.6) is 0 Å². The fourth-order valence-electron chi connectivity index (χ4n) is 1.80. The van der Waals surface area contributed by atoms with Gasteiger partial charge < -0.3 is 9.64 Å². The summed E-state index contributed by atoms with van der Waals surface area (Å²) in [6, 6.07) is 2.08. The highest BCUT2D eigenvalue weighted by Crippen LogP contribution is 2.37. The Morgan fingerprint density at radius 1 is 1.56 bits per heavy atom. The summed E-state index contributed by atoms with van der Waals surface area (Å²) in [5.41, 5.74) is 0. The van der Waals surface area contributed by atoms with Crippen LogP contribution in [0.25, 0.3) is 0 Å². The maximum Gasteiger partial charge on any atom is 0.225 e. The van der Waals surface area contributed by atoms with Crippen LogP contribution in [0, 0.1) is 23.2 Å². The molecule has 0 spiro atoms. The summed E-state index contributed by atoms with van der Waals surface area (Å²) in [6.45, 7) is 3.64. The summed E-state index contributed by atoms with van der Waals surface area (Å²) in [5, 5.41) is 8.56. The van der Waals surface area contributed by atoms with Crippen molar-refractivity contribution in [3.63, 3.8) is 0 Å². The van der Waals surface area contributed by atoms with Crippen LogP contribution in [0.2, 0.25) is 0 Å². The molecule has 0 N–H and O–H groups in total. The molecule has 4 heteroatoms. The zero-order valence-electron chi connectivity index (χ0n) is 10.1. The number of hydrogen-bond donors (Lipinski definition) is 0. The second-order valence-electron chi connectivity index (χ2n) is 4.35. The van der Waals surface area contributed by atoms with Crippen molar-refractivity contribution in [2.75, 3.05) is 26.8 Å². The van der Waals surface area contributed by atoms with Gasteiger partial charge in [0.05, 0.1) is 19.1 Å². The number of rotatable bonds is 7. The summed E-state index contributed by atoms with van der Waals surface area (Å²) < 4.78 is 4.98. The average molecular weight is 224 g/mol. The molecule has 1 fully saturated rings. The predicted molar refractivity (Wildman–Crippen MR) is 60.6 cm³/mol. The fourth-order valence-corrected chi connectivity index (χ4v) is 1.80. The molecular weight excluding hydrogens is 204 g/mol. The molecule has 90 valence electrons. The van der Waals surface area contributed by atoms with Gasteiger partial charge >= 0.3 is 0 Å². The maximum atomic E-state index is 12.1. The molecule has 0 heterocycles. The molecule has 1 aliphatic carbocycles. The molecule has 4 nitrogen and oxygen atoms in total. The molecule has 1 saturated carbocycles. The highest BCUT2D eigenvalue weighted by Gasteiger charge is 2.34. The normalized spacial score (nSPS) is 16.6. The average Bonchev–Trinajstić information content (AvgIpc) is 3.11. The molecule has 0 aromatic heterocycles. The van der Waals surface area contributed by atoms with E-state index >= 15 is 0 Å². The first kappa shape index (κ1) is 13.0. The third-order valence-corrected chi connectivity index (χ3v) is 3.09. The van der Waals surface area contributed by atoms with Crippen molar-refractivity contribution in [1.82, 2.24) is 4.90 Å². The molecule has 1 rings (SSSR count). The van der Waals surface area contributed by atoms with Gasteiger partial charge in [0.25, 0.3) is 0 Å². The van der Waals surface area contributed by atoms with Gasteiger partial charge in [-0.05, 0) is 18.8 Å². The monoisotopic (exact) mass is 224 g/mol. The SMILES string of the molecule is COCCN(CCC#N)C(=O)C(C)C1CC1. The largest absolute Gasteiger partial charge is 0.383 e. The Hall–Kier alpha value is -1.08. The van der Waals surface area contributed by atoms with Gasteiger partial charge in [0.15, 0.2) is 0 Å². The van der Waals surface area contributed by atoms with Crippen molar-refractivity contribution in [3.8, 4) is 6.07 Å². The Kier molecular flexibility index (Phi) is 5.27. The van der Waals surface area contributed by atoms with Crippen LogP contribution in [0.15, 0.2) is 0 Å². The van der Waals surface area contributed by atoms with Crippen LogP contribution < -0.4 is 0 Å². The lowest BCUT2D eigenvalue weighted by Crippen LogP contribution is -2.38. The molecule has 0 aliphatic heterocycles. The van der Waals surface area contributed by atoms with Gasteiger partial charge in [-0.1, -0.05) is 6.92 Å². The Bertz CT molecular complexity index is 269. The quantitative estimate of drug-likeness (QED) is 0.657. The standard InChI is InChI=1S/C12H20N2O2/c1-10(11-4-5-11)12(15)14(7-3-6-13)8-9-16-2/h10-11H,3-5,7-9H2,1-2H3. The molecule has 0 bridgehead atoms. The zero-order chi connectivity index (χ0) is 12.0. The lowest BCUT2D eigenvalue weighted by molar-refractivity contribution is -0.136. The van der Waals surface area contributed by atoms with Gasteiger partial charge in [-0.25, -0.2) is 0 Å². The number of nitrogens with zero attached hydrogens (tertiary/aromatic N) is 2. The molecule has 0 aromatic rings. The Morgan fingerprint density at radius 3 is 2.75 bits per heavy atom. The van der Waals surface area contributed by atoms with Crippen molar-refractivity contribution >= 4 is 5.91 Å². The summed E-state index contributed by atoms with van der Waals surface area (Å²) in [7, 11) is 1.62. The van der Waals surface area contributed by atoms with Crippen molar-refractivity contribution in [2.24, 2.45) is 11.8 Å². The molecule has 0 saturated heterocycles. The first-order chi connectivity index (χ1) is 7.70. The van der Waals surface area contributed by atoms with E-state index in [9.17, 15) is 4.79 Å². The van der Waals surface area contributed by atoms with E-state index in [1.807, 2.05) is 6.92 Å². The van der Waals surface area contributed by atoms with E-state index in [1.54, 1.807) is 12.0 Å². The lowest BCUT2D eigenvalue weighted by Gasteiger charge is -2.24. The molecule has 1 amide bonds. The number of methoxy groups -OCH3 is 1. The van der Waals surface area contributed by atoms with Crippen LogP contribution in [-0.4, -0.2) is 37.6 Å². The lowest BCUT2D eigenvalue weighted by atomic mass is 10.0. The number of carbonyl (C=O) groups excluding carboxylic acids is 1. The highest BCUT2D eigenvalue weighted by molar-refractivity contribution is 5.79. The van der Waals surface area contributed by atoms with Crippen molar-refractivity contribution in [3.05, 3.63) is 0 Å². The summed E-state index contributed by atoms with van der Waals surface area (Å²) in [5.74, 6) is 0.852. The predicted octanol–water partition coefficient (Wildman–Crippen LogP) is 1.42. The number of nitriles is 1. The van der Waals surface area contributed by atoms with Gasteiger partial charge in [0.1, 0.15) is 0 Å². The molecule has 16 heavy (non-hydrogen) atoms. The molecule has 0 aromatic carbocycles. The maximum absolute atomic E-state index is 12.1. The first-order valence-electron chi connectivity index (χ1n) is 5.85. The number of carbonyl (C=O) groups is 1. The number of ether oxygens (including phenoxy) is 1. The van der Waals surface area contributed by atoms with Gasteiger partial charge in [-0.15, -0.1) is 0 Å².